The van der Waals surface area contributed by atoms with Crippen LogP contribution in [0.4, 0.5) is 5.82 Å². The van der Waals surface area contributed by atoms with E-state index in [-0.39, 0.29) is 18.3 Å². The van der Waals surface area contributed by atoms with E-state index in [0.29, 0.717) is 16.4 Å². The summed E-state index contributed by atoms with van der Waals surface area (Å²) >= 11 is 1.07. The fourth-order valence-corrected chi connectivity index (χ4v) is 2.43. The first-order valence-electron chi connectivity index (χ1n) is 7.54. The summed E-state index contributed by atoms with van der Waals surface area (Å²) in [5, 5.41) is 10.9. The van der Waals surface area contributed by atoms with Crippen LogP contribution in [0.5, 0.6) is 0 Å². The SMILES string of the molecule is CCOC(=O)C(=O)CSc1ccc(NC(=O)c2ccc(C)cc2)nn1. The summed E-state index contributed by atoms with van der Waals surface area (Å²) in [5.41, 5.74) is 1.58. The highest BCUT2D eigenvalue weighted by molar-refractivity contribution is 8.00. The van der Waals surface area contributed by atoms with Crippen LogP contribution in [0.2, 0.25) is 0 Å². The number of Topliss-reactive ketones (excluding diaryl/α,β-unsaturated/α-hetero) is 1. The first kappa shape index (κ1) is 18.6. The molecular weight excluding hydrogens is 342 g/mol. The molecule has 2 rings (SSSR count). The molecule has 1 heterocycles. The molecule has 1 N–H and O–H groups in total. The van der Waals surface area contributed by atoms with Crippen molar-refractivity contribution in [2.45, 2.75) is 18.9 Å². The number of carbonyl (C=O) groups excluding carboxylic acids is 3. The summed E-state index contributed by atoms with van der Waals surface area (Å²) in [5.74, 6) is -1.56. The smallest absolute Gasteiger partial charge is 0.375 e. The number of hydrogen-bond donors (Lipinski definition) is 1. The average Bonchev–Trinajstić information content (AvgIpc) is 2.61. The molecule has 0 unspecified atom stereocenters. The van der Waals surface area contributed by atoms with E-state index in [1.54, 1.807) is 31.2 Å². The number of nitrogens with one attached hydrogen (secondary N) is 1. The van der Waals surface area contributed by atoms with E-state index in [9.17, 15) is 14.4 Å². The van der Waals surface area contributed by atoms with Gasteiger partial charge in [0.15, 0.2) is 5.82 Å². The number of anilines is 1. The van der Waals surface area contributed by atoms with Gasteiger partial charge in [0.2, 0.25) is 5.78 Å². The van der Waals surface area contributed by atoms with Crippen LogP contribution in [0.15, 0.2) is 41.4 Å². The maximum absolute atomic E-state index is 12.1. The van der Waals surface area contributed by atoms with Crippen molar-refractivity contribution in [2.24, 2.45) is 0 Å². The van der Waals surface area contributed by atoms with Crippen LogP contribution in [0.3, 0.4) is 0 Å². The van der Waals surface area contributed by atoms with Crippen LogP contribution >= 0.6 is 11.8 Å². The Morgan fingerprint density at radius 3 is 2.40 bits per heavy atom. The van der Waals surface area contributed by atoms with Gasteiger partial charge < -0.3 is 10.1 Å². The molecule has 0 atom stereocenters. The summed E-state index contributed by atoms with van der Waals surface area (Å²) < 4.78 is 4.62. The van der Waals surface area contributed by atoms with Crippen molar-refractivity contribution >= 4 is 35.2 Å². The molecule has 1 amide bonds. The van der Waals surface area contributed by atoms with Gasteiger partial charge in [-0.05, 0) is 38.1 Å². The molecule has 8 heteroatoms. The fraction of sp³-hybridized carbons (Fsp3) is 0.235. The van der Waals surface area contributed by atoms with E-state index in [1.807, 2.05) is 19.1 Å². The lowest BCUT2D eigenvalue weighted by molar-refractivity contribution is -0.152. The molecule has 0 bridgehead atoms. The van der Waals surface area contributed by atoms with Gasteiger partial charge in [-0.2, -0.15) is 0 Å². The number of amides is 1. The monoisotopic (exact) mass is 359 g/mol. The molecule has 7 nitrogen and oxygen atoms in total. The van der Waals surface area contributed by atoms with Gasteiger partial charge in [0, 0.05) is 5.56 Å². The second-order valence-electron chi connectivity index (χ2n) is 5.01. The molecule has 0 radical (unpaired) electrons. The Kier molecular flexibility index (Phi) is 6.64. The highest BCUT2D eigenvalue weighted by Gasteiger charge is 2.15. The summed E-state index contributed by atoms with van der Waals surface area (Å²) in [6.45, 7) is 3.73. The number of benzene rings is 1. The zero-order valence-corrected chi connectivity index (χ0v) is 14.6. The molecule has 25 heavy (non-hydrogen) atoms. The third-order valence-electron chi connectivity index (χ3n) is 3.05. The Hall–Kier alpha value is -2.74. The highest BCUT2D eigenvalue weighted by atomic mass is 32.2. The standard InChI is InChI=1S/C17H17N3O4S/c1-3-24-17(23)13(21)10-25-15-9-8-14(19-20-15)18-16(22)12-6-4-11(2)5-7-12/h4-9H,3,10H2,1-2H3,(H,18,19,22). The van der Waals surface area contributed by atoms with Crippen molar-refractivity contribution in [1.82, 2.24) is 10.2 Å². The minimum atomic E-state index is -0.857. The summed E-state index contributed by atoms with van der Waals surface area (Å²) in [6, 6.07) is 10.3. The minimum absolute atomic E-state index is 0.0808. The van der Waals surface area contributed by atoms with E-state index in [2.05, 4.69) is 20.3 Å². The molecule has 0 aliphatic heterocycles. The van der Waals surface area contributed by atoms with Crippen LogP contribution in [-0.2, 0) is 14.3 Å². The predicted octanol–water partition coefficient (Wildman–Crippen LogP) is 2.26. The molecule has 0 spiro atoms. The Balaban J connectivity index is 1.89. The van der Waals surface area contributed by atoms with E-state index in [0.717, 1.165) is 17.3 Å². The molecule has 130 valence electrons. The molecule has 1 aromatic carbocycles. The first-order chi connectivity index (χ1) is 12.0. The summed E-state index contributed by atoms with van der Waals surface area (Å²) in [6.07, 6.45) is 0. The van der Waals surface area contributed by atoms with E-state index < -0.39 is 11.8 Å². The van der Waals surface area contributed by atoms with E-state index in [1.165, 1.54) is 0 Å². The van der Waals surface area contributed by atoms with Gasteiger partial charge in [0.25, 0.3) is 5.91 Å². The Morgan fingerprint density at radius 2 is 1.80 bits per heavy atom. The second kappa shape index (κ2) is 8.93. The largest absolute Gasteiger partial charge is 0.460 e. The molecule has 2 aromatic rings. The Bertz CT molecular complexity index is 760. The van der Waals surface area contributed by atoms with Crippen LogP contribution in [0.25, 0.3) is 0 Å². The number of thioether (sulfide) groups is 1. The van der Waals surface area contributed by atoms with Gasteiger partial charge in [-0.3, -0.25) is 9.59 Å². The number of nitrogens with zero attached hydrogens (tertiary/aromatic N) is 2. The van der Waals surface area contributed by atoms with Crippen LogP contribution in [0, 0.1) is 6.92 Å². The van der Waals surface area contributed by atoms with E-state index >= 15 is 0 Å². The van der Waals surface area contributed by atoms with Gasteiger partial charge in [-0.1, -0.05) is 29.5 Å². The number of esters is 1. The third kappa shape index (κ3) is 5.68. The molecule has 0 saturated heterocycles. The maximum Gasteiger partial charge on any atom is 0.375 e. The molecule has 0 fully saturated rings. The normalized spacial score (nSPS) is 10.2. The molecular formula is C17H17N3O4S. The van der Waals surface area contributed by atoms with Gasteiger partial charge >= 0.3 is 5.97 Å². The number of aromatic nitrogens is 2. The van der Waals surface area contributed by atoms with E-state index in [4.69, 9.17) is 0 Å². The Morgan fingerprint density at radius 1 is 1.08 bits per heavy atom. The topological polar surface area (TPSA) is 98.2 Å². The van der Waals surface area contributed by atoms with Crippen molar-refractivity contribution in [3.63, 3.8) is 0 Å². The molecule has 0 saturated carbocycles. The number of hydrogen-bond acceptors (Lipinski definition) is 7. The summed E-state index contributed by atoms with van der Waals surface area (Å²) in [7, 11) is 0. The summed E-state index contributed by atoms with van der Waals surface area (Å²) in [4.78, 5) is 34.8. The lowest BCUT2D eigenvalue weighted by Gasteiger charge is -2.05. The average molecular weight is 359 g/mol. The highest BCUT2D eigenvalue weighted by Crippen LogP contribution is 2.16. The van der Waals surface area contributed by atoms with Crippen LogP contribution in [-0.4, -0.2) is 40.2 Å². The zero-order chi connectivity index (χ0) is 18.2. The van der Waals surface area contributed by atoms with Gasteiger partial charge in [-0.15, -0.1) is 10.2 Å². The number of ketones is 1. The van der Waals surface area contributed by atoms with Crippen molar-refractivity contribution in [3.05, 3.63) is 47.5 Å². The van der Waals surface area contributed by atoms with Crippen LogP contribution < -0.4 is 5.32 Å². The first-order valence-corrected chi connectivity index (χ1v) is 8.52. The number of carbonyl (C=O) groups is 3. The zero-order valence-electron chi connectivity index (χ0n) is 13.8. The molecule has 1 aromatic heterocycles. The predicted molar refractivity (Wildman–Crippen MR) is 93.5 cm³/mol. The number of aryl methyl sites for hydroxylation is 1. The van der Waals surface area contributed by atoms with Crippen molar-refractivity contribution in [1.29, 1.82) is 0 Å². The number of rotatable bonds is 7. The van der Waals surface area contributed by atoms with Crippen molar-refractivity contribution in [3.8, 4) is 0 Å². The van der Waals surface area contributed by atoms with Crippen LogP contribution in [0.1, 0.15) is 22.8 Å². The Labute approximate surface area is 149 Å². The number of ether oxygens (including phenoxy) is 1. The van der Waals surface area contributed by atoms with Gasteiger partial charge in [0.05, 0.1) is 12.4 Å². The minimum Gasteiger partial charge on any atom is -0.460 e. The molecule has 0 aliphatic rings. The lowest BCUT2D eigenvalue weighted by atomic mass is 10.1. The second-order valence-corrected chi connectivity index (χ2v) is 6.00. The fourth-order valence-electron chi connectivity index (χ4n) is 1.77. The quantitative estimate of drug-likeness (QED) is 0.460. The van der Waals surface area contributed by atoms with Crippen molar-refractivity contribution < 1.29 is 19.1 Å². The lowest BCUT2D eigenvalue weighted by Crippen LogP contribution is -2.19. The van der Waals surface area contributed by atoms with Gasteiger partial charge in [-0.25, -0.2) is 4.79 Å². The van der Waals surface area contributed by atoms with Gasteiger partial charge in [0.1, 0.15) is 5.03 Å². The van der Waals surface area contributed by atoms with Crippen molar-refractivity contribution in [2.75, 3.05) is 17.7 Å². The maximum atomic E-state index is 12.1. The third-order valence-corrected chi connectivity index (χ3v) is 3.97. The molecule has 0 aliphatic carbocycles.